The van der Waals surface area contributed by atoms with E-state index in [0.717, 1.165) is 42.6 Å². The quantitative estimate of drug-likeness (QED) is 0.693. The van der Waals surface area contributed by atoms with Gasteiger partial charge < -0.3 is 14.6 Å². The zero-order valence-electron chi connectivity index (χ0n) is 16.7. The molecule has 6 nitrogen and oxygen atoms in total. The highest BCUT2D eigenvalue weighted by atomic mass is 16.4. The van der Waals surface area contributed by atoms with Crippen LogP contribution in [0.25, 0.3) is 0 Å². The van der Waals surface area contributed by atoms with Gasteiger partial charge in [0.1, 0.15) is 6.04 Å². The number of benzene rings is 2. The number of carbonyl (C=O) groups excluding carboxylic acids is 1. The molecule has 1 aliphatic rings. The highest BCUT2D eigenvalue weighted by Gasteiger charge is 2.25. The van der Waals surface area contributed by atoms with Gasteiger partial charge in [0.2, 0.25) is 11.8 Å². The Balaban J connectivity index is 1.55. The van der Waals surface area contributed by atoms with Crippen molar-refractivity contribution in [2.45, 2.75) is 38.6 Å². The number of nitrogens with one attached hydrogen (secondary N) is 1. The maximum absolute atomic E-state index is 12.8. The number of anilines is 1. The van der Waals surface area contributed by atoms with Gasteiger partial charge in [-0.05, 0) is 42.9 Å². The molecule has 1 N–H and O–H groups in total. The second-order valence-electron chi connectivity index (χ2n) is 7.49. The van der Waals surface area contributed by atoms with E-state index in [-0.39, 0.29) is 5.91 Å². The first kappa shape index (κ1) is 19.2. The second-order valence-corrected chi connectivity index (χ2v) is 7.49. The first-order valence-electron chi connectivity index (χ1n) is 10.2. The molecule has 0 radical (unpaired) electrons. The normalized spacial score (nSPS) is 15.1. The summed E-state index contributed by atoms with van der Waals surface area (Å²) in [4.78, 5) is 14.9. The minimum atomic E-state index is -0.473. The number of carbonyl (C=O) groups is 1. The Morgan fingerprint density at radius 1 is 1.03 bits per heavy atom. The van der Waals surface area contributed by atoms with E-state index < -0.39 is 6.04 Å². The van der Waals surface area contributed by atoms with Crippen LogP contribution in [-0.4, -0.2) is 29.2 Å². The van der Waals surface area contributed by atoms with Crippen molar-refractivity contribution < 1.29 is 9.21 Å². The summed E-state index contributed by atoms with van der Waals surface area (Å²) in [7, 11) is 0. The largest absolute Gasteiger partial charge is 0.405 e. The van der Waals surface area contributed by atoms with Crippen molar-refractivity contribution in [3.63, 3.8) is 0 Å². The third-order valence-corrected chi connectivity index (χ3v) is 5.35. The fraction of sp³-hybridized carbons (Fsp3) is 0.348. The molecule has 3 aromatic rings. The van der Waals surface area contributed by atoms with Crippen LogP contribution in [-0.2, 0) is 11.2 Å². The molecule has 1 unspecified atom stereocenters. The predicted octanol–water partition coefficient (Wildman–Crippen LogP) is 3.82. The molecule has 1 saturated heterocycles. The van der Waals surface area contributed by atoms with Crippen LogP contribution in [0.2, 0.25) is 0 Å². The van der Waals surface area contributed by atoms with Gasteiger partial charge in [0.15, 0.2) is 0 Å². The zero-order chi connectivity index (χ0) is 20.1. The summed E-state index contributed by atoms with van der Waals surface area (Å²) in [5.74, 6) is 0.334. The van der Waals surface area contributed by atoms with Gasteiger partial charge in [0, 0.05) is 13.1 Å². The third-order valence-electron chi connectivity index (χ3n) is 5.35. The number of aryl methyl sites for hydroxylation is 1. The molecule has 1 atom stereocenters. The average molecular weight is 390 g/mol. The van der Waals surface area contributed by atoms with Crippen molar-refractivity contribution in [1.29, 1.82) is 0 Å². The molecule has 1 aromatic heterocycles. The number of rotatable bonds is 6. The van der Waals surface area contributed by atoms with E-state index in [0.29, 0.717) is 18.3 Å². The Hall–Kier alpha value is -3.15. The molecule has 1 amide bonds. The summed E-state index contributed by atoms with van der Waals surface area (Å²) in [5.41, 5.74) is 3.03. The molecule has 0 aliphatic carbocycles. The van der Waals surface area contributed by atoms with Gasteiger partial charge in [-0.25, -0.2) is 0 Å². The minimum Gasteiger partial charge on any atom is -0.405 e. The Labute approximate surface area is 170 Å². The van der Waals surface area contributed by atoms with Gasteiger partial charge in [0.25, 0.3) is 0 Å². The molecule has 0 spiro atoms. The molecule has 1 aliphatic heterocycles. The molecular weight excluding hydrogens is 364 g/mol. The van der Waals surface area contributed by atoms with E-state index in [9.17, 15) is 4.79 Å². The van der Waals surface area contributed by atoms with Crippen LogP contribution in [0, 0.1) is 6.92 Å². The van der Waals surface area contributed by atoms with Gasteiger partial charge in [-0.3, -0.25) is 4.79 Å². The van der Waals surface area contributed by atoms with Crippen LogP contribution in [0.3, 0.4) is 0 Å². The van der Waals surface area contributed by atoms with Crippen LogP contribution < -0.4 is 10.2 Å². The predicted molar refractivity (Wildman–Crippen MR) is 112 cm³/mol. The monoisotopic (exact) mass is 390 g/mol. The van der Waals surface area contributed by atoms with Crippen LogP contribution in [0.4, 0.5) is 6.01 Å². The number of amides is 1. The van der Waals surface area contributed by atoms with Gasteiger partial charge in [-0.1, -0.05) is 59.7 Å². The maximum Gasteiger partial charge on any atom is 0.318 e. The number of nitrogens with zero attached hydrogens (tertiary/aromatic N) is 3. The van der Waals surface area contributed by atoms with E-state index in [4.69, 9.17) is 4.42 Å². The molecular formula is C23H26N4O2. The number of hydrogen-bond acceptors (Lipinski definition) is 5. The van der Waals surface area contributed by atoms with Gasteiger partial charge >= 0.3 is 6.01 Å². The van der Waals surface area contributed by atoms with Crippen molar-refractivity contribution in [3.05, 3.63) is 77.2 Å². The lowest BCUT2D eigenvalue weighted by Gasteiger charge is -2.24. The molecule has 0 bridgehead atoms. The van der Waals surface area contributed by atoms with E-state index in [1.54, 1.807) is 0 Å². The van der Waals surface area contributed by atoms with Crippen LogP contribution in [0.1, 0.15) is 47.9 Å². The van der Waals surface area contributed by atoms with E-state index in [1.165, 1.54) is 6.42 Å². The highest BCUT2D eigenvalue weighted by Crippen LogP contribution is 2.25. The lowest BCUT2D eigenvalue weighted by molar-refractivity contribution is -0.121. The van der Waals surface area contributed by atoms with E-state index in [2.05, 4.69) is 20.4 Å². The van der Waals surface area contributed by atoms with Gasteiger partial charge in [-0.15, -0.1) is 5.10 Å². The van der Waals surface area contributed by atoms with Gasteiger partial charge in [0.05, 0.1) is 6.42 Å². The van der Waals surface area contributed by atoms with Crippen molar-refractivity contribution >= 4 is 11.9 Å². The standard InChI is InChI=1S/C23H26N4O2/c1-17-10-6-7-13-19(17)16-20(28)24-21(18-11-4-2-5-12-18)22-25-26-23(29-22)27-14-8-3-9-15-27/h2,4-7,10-13,21H,3,8-9,14-16H2,1H3,(H,24,28). The van der Waals surface area contributed by atoms with Crippen molar-refractivity contribution in [2.24, 2.45) is 0 Å². The minimum absolute atomic E-state index is 0.0779. The maximum atomic E-state index is 12.8. The molecule has 6 heteroatoms. The van der Waals surface area contributed by atoms with Crippen LogP contribution >= 0.6 is 0 Å². The molecule has 4 rings (SSSR count). The Morgan fingerprint density at radius 2 is 1.76 bits per heavy atom. The number of piperidine rings is 1. The summed E-state index contributed by atoms with van der Waals surface area (Å²) in [5, 5.41) is 11.6. The summed E-state index contributed by atoms with van der Waals surface area (Å²) >= 11 is 0. The van der Waals surface area contributed by atoms with Crippen molar-refractivity contribution in [1.82, 2.24) is 15.5 Å². The first-order valence-corrected chi connectivity index (χ1v) is 10.2. The molecule has 2 aromatic carbocycles. The number of aromatic nitrogens is 2. The van der Waals surface area contributed by atoms with Gasteiger partial charge in [-0.2, -0.15) is 0 Å². The number of hydrogen-bond donors (Lipinski definition) is 1. The third kappa shape index (κ3) is 4.65. The summed E-state index contributed by atoms with van der Waals surface area (Å²) in [6.07, 6.45) is 3.81. The smallest absolute Gasteiger partial charge is 0.318 e. The zero-order valence-corrected chi connectivity index (χ0v) is 16.7. The second kappa shape index (κ2) is 8.90. The Kier molecular flexibility index (Phi) is 5.89. The molecule has 2 heterocycles. The van der Waals surface area contributed by atoms with E-state index in [1.807, 2.05) is 61.5 Å². The molecule has 29 heavy (non-hydrogen) atoms. The summed E-state index contributed by atoms with van der Waals surface area (Å²) in [6, 6.07) is 17.7. The van der Waals surface area contributed by atoms with Crippen molar-refractivity contribution in [3.8, 4) is 0 Å². The SMILES string of the molecule is Cc1ccccc1CC(=O)NC(c1ccccc1)c1nnc(N2CCCCC2)o1. The lowest BCUT2D eigenvalue weighted by atomic mass is 10.0. The van der Waals surface area contributed by atoms with Crippen molar-refractivity contribution in [2.75, 3.05) is 18.0 Å². The Bertz CT molecular complexity index is 948. The Morgan fingerprint density at radius 3 is 2.52 bits per heavy atom. The molecule has 150 valence electrons. The van der Waals surface area contributed by atoms with Crippen LogP contribution in [0.5, 0.6) is 0 Å². The first-order chi connectivity index (χ1) is 14.2. The fourth-order valence-corrected chi connectivity index (χ4v) is 3.68. The average Bonchev–Trinajstić information content (AvgIpc) is 3.25. The topological polar surface area (TPSA) is 71.3 Å². The van der Waals surface area contributed by atoms with Crippen LogP contribution in [0.15, 0.2) is 59.0 Å². The summed E-state index contributed by atoms with van der Waals surface area (Å²) < 4.78 is 6.00. The molecule has 1 fully saturated rings. The highest BCUT2D eigenvalue weighted by molar-refractivity contribution is 5.79. The summed E-state index contributed by atoms with van der Waals surface area (Å²) in [6.45, 7) is 3.87. The fourth-order valence-electron chi connectivity index (χ4n) is 3.68. The van der Waals surface area contributed by atoms with E-state index >= 15 is 0 Å². The lowest BCUT2D eigenvalue weighted by Crippen LogP contribution is -2.31. The molecule has 0 saturated carbocycles.